The Bertz CT molecular complexity index is 685. The van der Waals surface area contributed by atoms with Gasteiger partial charge in [0.05, 0.1) is 3.79 Å². The molecular formula is C11H13BrN4O2S2. The maximum Gasteiger partial charge on any atom is 0.244 e. The van der Waals surface area contributed by atoms with Gasteiger partial charge in [0, 0.05) is 19.8 Å². The van der Waals surface area contributed by atoms with Gasteiger partial charge in [-0.1, -0.05) is 0 Å². The number of halogens is 1. The second-order valence-electron chi connectivity index (χ2n) is 4.04. The summed E-state index contributed by atoms with van der Waals surface area (Å²) in [7, 11) is -2.02. The van der Waals surface area contributed by atoms with E-state index in [1.165, 1.54) is 41.0 Å². The van der Waals surface area contributed by atoms with Crippen LogP contribution in [0.4, 0.5) is 5.82 Å². The number of nitrogens with zero attached hydrogens (tertiary/aromatic N) is 2. The highest BCUT2D eigenvalue weighted by Gasteiger charge is 2.21. The summed E-state index contributed by atoms with van der Waals surface area (Å²) in [5.41, 5.74) is 3.29. The Balaban J connectivity index is 2.19. The smallest absolute Gasteiger partial charge is 0.244 e. The number of aromatic nitrogens is 1. The van der Waals surface area contributed by atoms with Gasteiger partial charge in [0.15, 0.2) is 0 Å². The highest BCUT2D eigenvalue weighted by Crippen LogP contribution is 2.23. The van der Waals surface area contributed by atoms with Crippen molar-refractivity contribution in [1.29, 1.82) is 0 Å². The van der Waals surface area contributed by atoms with Crippen molar-refractivity contribution in [3.63, 3.8) is 0 Å². The van der Waals surface area contributed by atoms with Gasteiger partial charge >= 0.3 is 0 Å². The standard InChI is InChI=1S/C11H13BrN4O2S2/c1-16(6-8-4-10(12)19-7-8)20(17,18)9-2-3-11(15-13)14-5-9/h2-5,7H,6,13H2,1H3,(H,14,15). The lowest BCUT2D eigenvalue weighted by molar-refractivity contribution is 0.467. The number of pyridine rings is 1. The summed E-state index contributed by atoms with van der Waals surface area (Å²) in [4.78, 5) is 4.04. The molecule has 0 bridgehead atoms. The number of nitrogen functional groups attached to an aromatic ring is 1. The van der Waals surface area contributed by atoms with E-state index in [4.69, 9.17) is 5.84 Å². The monoisotopic (exact) mass is 376 g/mol. The Morgan fingerprint density at radius 1 is 1.50 bits per heavy atom. The van der Waals surface area contributed by atoms with Crippen molar-refractivity contribution >= 4 is 43.1 Å². The van der Waals surface area contributed by atoms with Gasteiger partial charge in [0.25, 0.3) is 0 Å². The van der Waals surface area contributed by atoms with E-state index < -0.39 is 10.0 Å². The van der Waals surface area contributed by atoms with Gasteiger partial charge in [-0.3, -0.25) is 0 Å². The summed E-state index contributed by atoms with van der Waals surface area (Å²) < 4.78 is 27.0. The summed E-state index contributed by atoms with van der Waals surface area (Å²) >= 11 is 4.87. The molecule has 0 aromatic carbocycles. The maximum atomic E-state index is 12.4. The zero-order valence-electron chi connectivity index (χ0n) is 10.6. The molecule has 20 heavy (non-hydrogen) atoms. The van der Waals surface area contributed by atoms with Crippen molar-refractivity contribution in [3.05, 3.63) is 39.1 Å². The molecule has 3 N–H and O–H groups in total. The minimum absolute atomic E-state index is 0.133. The molecule has 2 aromatic rings. The lowest BCUT2D eigenvalue weighted by Crippen LogP contribution is -2.26. The van der Waals surface area contributed by atoms with Crippen molar-refractivity contribution < 1.29 is 8.42 Å². The van der Waals surface area contributed by atoms with Crippen molar-refractivity contribution in [2.75, 3.05) is 12.5 Å². The van der Waals surface area contributed by atoms with E-state index in [1.54, 1.807) is 0 Å². The highest BCUT2D eigenvalue weighted by atomic mass is 79.9. The molecule has 0 radical (unpaired) electrons. The number of nitrogens with two attached hydrogens (primary N) is 1. The van der Waals surface area contributed by atoms with Gasteiger partial charge in [0.1, 0.15) is 10.7 Å². The van der Waals surface area contributed by atoms with Crippen LogP contribution in [0.3, 0.4) is 0 Å². The lowest BCUT2D eigenvalue weighted by Gasteiger charge is -2.16. The molecule has 0 saturated carbocycles. The predicted octanol–water partition coefficient (Wildman–Crippen LogP) is 2.01. The van der Waals surface area contributed by atoms with Gasteiger partial charge in [-0.2, -0.15) is 4.31 Å². The Hall–Kier alpha value is -1.00. The van der Waals surface area contributed by atoms with Crippen LogP contribution in [-0.2, 0) is 16.6 Å². The lowest BCUT2D eigenvalue weighted by atomic mass is 10.3. The normalized spacial score (nSPS) is 11.8. The van der Waals surface area contributed by atoms with Gasteiger partial charge in [-0.05, 0) is 45.1 Å². The summed E-state index contributed by atoms with van der Waals surface area (Å²) in [5, 5.41) is 1.91. The van der Waals surface area contributed by atoms with Crippen LogP contribution in [0.1, 0.15) is 5.56 Å². The number of hydrazine groups is 1. The largest absolute Gasteiger partial charge is 0.308 e. The summed E-state index contributed by atoms with van der Waals surface area (Å²) in [6.45, 7) is 0.307. The third-order valence-corrected chi connectivity index (χ3v) is 5.96. The Labute approximate surface area is 129 Å². The van der Waals surface area contributed by atoms with E-state index in [9.17, 15) is 8.42 Å². The first-order valence-corrected chi connectivity index (χ1v) is 8.66. The number of nitrogens with one attached hydrogen (secondary N) is 1. The van der Waals surface area contributed by atoms with Crippen LogP contribution in [0.5, 0.6) is 0 Å². The number of anilines is 1. The molecule has 0 fully saturated rings. The van der Waals surface area contributed by atoms with Gasteiger partial charge < -0.3 is 5.43 Å². The molecule has 0 saturated heterocycles. The van der Waals surface area contributed by atoms with E-state index in [-0.39, 0.29) is 4.90 Å². The SMILES string of the molecule is CN(Cc1csc(Br)c1)S(=O)(=O)c1ccc(NN)nc1. The van der Waals surface area contributed by atoms with E-state index in [2.05, 4.69) is 26.3 Å². The predicted molar refractivity (Wildman–Crippen MR) is 82.7 cm³/mol. The van der Waals surface area contributed by atoms with E-state index in [0.717, 1.165) is 9.35 Å². The van der Waals surface area contributed by atoms with Crippen molar-refractivity contribution in [2.24, 2.45) is 5.84 Å². The molecule has 2 rings (SSSR count). The number of thiophene rings is 1. The summed E-state index contributed by atoms with van der Waals surface area (Å²) in [5.74, 6) is 5.61. The van der Waals surface area contributed by atoms with Gasteiger partial charge in [0.2, 0.25) is 10.0 Å². The average molecular weight is 377 g/mol. The van der Waals surface area contributed by atoms with Crippen LogP contribution in [0.2, 0.25) is 0 Å². The Morgan fingerprint density at radius 3 is 2.75 bits per heavy atom. The van der Waals surface area contributed by atoms with Crippen LogP contribution in [0, 0.1) is 0 Å². The molecule has 0 aliphatic carbocycles. The number of hydrogen-bond donors (Lipinski definition) is 2. The van der Waals surface area contributed by atoms with E-state index in [1.807, 2.05) is 11.4 Å². The van der Waals surface area contributed by atoms with E-state index >= 15 is 0 Å². The first kappa shape index (κ1) is 15.4. The quantitative estimate of drug-likeness (QED) is 0.615. The van der Waals surface area contributed by atoms with Crippen LogP contribution >= 0.6 is 27.3 Å². The molecule has 0 unspecified atom stereocenters. The van der Waals surface area contributed by atoms with Crippen LogP contribution < -0.4 is 11.3 Å². The molecule has 0 atom stereocenters. The number of hydrogen-bond acceptors (Lipinski definition) is 6. The third-order valence-electron chi connectivity index (χ3n) is 2.62. The minimum Gasteiger partial charge on any atom is -0.308 e. The molecule has 6 nitrogen and oxygen atoms in total. The summed E-state index contributed by atoms with van der Waals surface area (Å²) in [6.07, 6.45) is 1.28. The minimum atomic E-state index is -3.56. The van der Waals surface area contributed by atoms with E-state index in [0.29, 0.717) is 12.4 Å². The second kappa shape index (κ2) is 6.19. The van der Waals surface area contributed by atoms with Crippen LogP contribution in [0.15, 0.2) is 38.5 Å². The molecule has 108 valence electrons. The zero-order chi connectivity index (χ0) is 14.8. The first-order chi connectivity index (χ1) is 9.43. The fourth-order valence-corrected chi connectivity index (χ4v) is 3.87. The van der Waals surface area contributed by atoms with Crippen molar-refractivity contribution in [3.8, 4) is 0 Å². The molecule has 0 spiro atoms. The fourth-order valence-electron chi connectivity index (χ4n) is 1.57. The average Bonchev–Trinajstić information content (AvgIpc) is 2.84. The number of sulfonamides is 1. The van der Waals surface area contributed by atoms with Crippen molar-refractivity contribution in [2.45, 2.75) is 11.4 Å². The van der Waals surface area contributed by atoms with Crippen LogP contribution in [0.25, 0.3) is 0 Å². The number of rotatable bonds is 5. The molecular weight excluding hydrogens is 364 g/mol. The molecule has 2 aromatic heterocycles. The third kappa shape index (κ3) is 3.36. The topological polar surface area (TPSA) is 88.3 Å². The van der Waals surface area contributed by atoms with Gasteiger partial charge in [-0.25, -0.2) is 19.2 Å². The molecule has 2 heterocycles. The molecule has 9 heteroatoms. The maximum absolute atomic E-state index is 12.4. The molecule has 0 aliphatic rings. The zero-order valence-corrected chi connectivity index (χ0v) is 13.8. The van der Waals surface area contributed by atoms with Crippen molar-refractivity contribution in [1.82, 2.24) is 9.29 Å². The van der Waals surface area contributed by atoms with Crippen LogP contribution in [-0.4, -0.2) is 24.8 Å². The Kier molecular flexibility index (Phi) is 4.76. The molecule has 0 aliphatic heterocycles. The second-order valence-corrected chi connectivity index (χ2v) is 8.38. The Morgan fingerprint density at radius 2 is 2.25 bits per heavy atom. The van der Waals surface area contributed by atoms with Gasteiger partial charge in [-0.15, -0.1) is 11.3 Å². The highest BCUT2D eigenvalue weighted by molar-refractivity contribution is 9.11. The fraction of sp³-hybridized carbons (Fsp3) is 0.182. The summed E-state index contributed by atoms with van der Waals surface area (Å²) in [6, 6.07) is 4.88. The molecule has 0 amide bonds. The first-order valence-electron chi connectivity index (χ1n) is 5.55.